The number of benzene rings is 2. The van der Waals surface area contributed by atoms with E-state index in [4.69, 9.17) is 0 Å². The number of nitro benzene ring substituents is 1. The summed E-state index contributed by atoms with van der Waals surface area (Å²) in [7, 11) is 0. The number of nitrogens with zero attached hydrogens (tertiary/aromatic N) is 5. The van der Waals surface area contributed by atoms with Crippen LogP contribution >= 0.6 is 0 Å². The lowest BCUT2D eigenvalue weighted by atomic mass is 10.2. The SMILES string of the molecule is N#C/C(=C/c1ccc([N+](=O)[O-])cc1)n1nnc2cc(F)c(F)cc21. The summed E-state index contributed by atoms with van der Waals surface area (Å²) in [4.78, 5) is 10.1. The second kappa shape index (κ2) is 5.85. The van der Waals surface area contributed by atoms with Gasteiger partial charge in [-0.15, -0.1) is 5.10 Å². The van der Waals surface area contributed by atoms with Crippen molar-refractivity contribution in [1.82, 2.24) is 15.0 Å². The summed E-state index contributed by atoms with van der Waals surface area (Å²) in [6.07, 6.45) is 1.40. The number of nitriles is 1. The van der Waals surface area contributed by atoms with Crippen molar-refractivity contribution in [3.63, 3.8) is 0 Å². The largest absolute Gasteiger partial charge is 0.269 e. The molecule has 0 saturated carbocycles. The molecule has 3 aromatic rings. The van der Waals surface area contributed by atoms with Gasteiger partial charge in [-0.2, -0.15) is 5.26 Å². The highest BCUT2D eigenvalue weighted by Gasteiger charge is 2.13. The van der Waals surface area contributed by atoms with Gasteiger partial charge in [0.1, 0.15) is 17.3 Å². The van der Waals surface area contributed by atoms with Gasteiger partial charge in [-0.05, 0) is 23.8 Å². The number of halogens is 2. The Morgan fingerprint density at radius 2 is 1.92 bits per heavy atom. The van der Waals surface area contributed by atoms with Crippen LogP contribution in [0.4, 0.5) is 14.5 Å². The van der Waals surface area contributed by atoms with Gasteiger partial charge < -0.3 is 0 Å². The zero-order valence-corrected chi connectivity index (χ0v) is 11.8. The van der Waals surface area contributed by atoms with E-state index in [0.29, 0.717) is 5.56 Å². The molecular weight excluding hydrogens is 320 g/mol. The molecule has 0 amide bonds. The number of allylic oxidation sites excluding steroid dienone is 1. The van der Waals surface area contributed by atoms with Crippen LogP contribution in [0.1, 0.15) is 5.56 Å². The number of non-ortho nitro benzene ring substituents is 1. The second-order valence-electron chi connectivity index (χ2n) is 4.75. The molecule has 0 radical (unpaired) electrons. The standard InChI is InChI=1S/C15H7F2N5O2/c16-12-6-14-15(7-13(12)17)21(20-19-14)11(8-18)5-9-1-3-10(4-2-9)22(23)24/h1-7H/b11-5-. The van der Waals surface area contributed by atoms with Crippen molar-refractivity contribution in [3.05, 3.63) is 63.7 Å². The molecule has 0 unspecified atom stereocenters. The van der Waals surface area contributed by atoms with Gasteiger partial charge in [0, 0.05) is 24.3 Å². The molecular formula is C15H7F2N5O2. The number of hydrogen-bond acceptors (Lipinski definition) is 5. The van der Waals surface area contributed by atoms with E-state index in [-0.39, 0.29) is 22.4 Å². The smallest absolute Gasteiger partial charge is 0.258 e. The zero-order valence-electron chi connectivity index (χ0n) is 11.8. The summed E-state index contributed by atoms with van der Waals surface area (Å²) in [6, 6.07) is 9.15. The number of nitro groups is 1. The lowest BCUT2D eigenvalue weighted by Gasteiger charge is -2.01. The molecule has 0 spiro atoms. The normalized spacial score (nSPS) is 11.5. The molecule has 0 aliphatic rings. The highest BCUT2D eigenvalue weighted by atomic mass is 19.2. The third-order valence-electron chi connectivity index (χ3n) is 3.24. The molecule has 118 valence electrons. The van der Waals surface area contributed by atoms with Crippen molar-refractivity contribution in [2.75, 3.05) is 0 Å². The Morgan fingerprint density at radius 3 is 2.54 bits per heavy atom. The summed E-state index contributed by atoms with van der Waals surface area (Å²) in [5.74, 6) is -2.15. The molecule has 0 N–H and O–H groups in total. The molecule has 24 heavy (non-hydrogen) atoms. The van der Waals surface area contributed by atoms with Crippen LogP contribution < -0.4 is 0 Å². The van der Waals surface area contributed by atoms with Crippen molar-refractivity contribution in [3.8, 4) is 6.07 Å². The van der Waals surface area contributed by atoms with Gasteiger partial charge in [-0.3, -0.25) is 10.1 Å². The van der Waals surface area contributed by atoms with E-state index in [9.17, 15) is 24.2 Å². The minimum Gasteiger partial charge on any atom is -0.258 e. The van der Waals surface area contributed by atoms with Crippen LogP contribution in [0.15, 0.2) is 36.4 Å². The van der Waals surface area contributed by atoms with Crippen LogP contribution in [0.2, 0.25) is 0 Å². The third kappa shape index (κ3) is 2.68. The minimum absolute atomic E-state index is 0.00244. The van der Waals surface area contributed by atoms with Gasteiger partial charge in [-0.25, -0.2) is 13.5 Å². The summed E-state index contributed by atoms with van der Waals surface area (Å²) in [5, 5.41) is 27.4. The molecule has 9 heteroatoms. The molecule has 1 heterocycles. The van der Waals surface area contributed by atoms with Gasteiger partial charge >= 0.3 is 0 Å². The minimum atomic E-state index is -1.08. The fourth-order valence-electron chi connectivity index (χ4n) is 2.09. The summed E-state index contributed by atoms with van der Waals surface area (Å²) in [6.45, 7) is 0. The molecule has 0 aliphatic carbocycles. The fraction of sp³-hybridized carbons (Fsp3) is 0. The number of rotatable bonds is 3. The quantitative estimate of drug-likeness (QED) is 0.418. The van der Waals surface area contributed by atoms with Crippen LogP contribution in [-0.4, -0.2) is 19.9 Å². The monoisotopic (exact) mass is 327 g/mol. The molecule has 1 aromatic heterocycles. The highest BCUT2D eigenvalue weighted by Crippen LogP contribution is 2.21. The number of hydrogen-bond donors (Lipinski definition) is 0. The van der Waals surface area contributed by atoms with Crippen LogP contribution in [0.3, 0.4) is 0 Å². The molecule has 2 aromatic carbocycles. The van der Waals surface area contributed by atoms with E-state index >= 15 is 0 Å². The summed E-state index contributed by atoms with van der Waals surface area (Å²) < 4.78 is 27.7. The maximum Gasteiger partial charge on any atom is 0.269 e. The van der Waals surface area contributed by atoms with Crippen LogP contribution in [0, 0.1) is 33.1 Å². The van der Waals surface area contributed by atoms with Crippen molar-refractivity contribution >= 4 is 28.5 Å². The third-order valence-corrected chi connectivity index (χ3v) is 3.24. The van der Waals surface area contributed by atoms with Gasteiger partial charge in [0.05, 0.1) is 10.4 Å². The van der Waals surface area contributed by atoms with E-state index in [1.807, 2.05) is 6.07 Å². The lowest BCUT2D eigenvalue weighted by molar-refractivity contribution is -0.384. The van der Waals surface area contributed by atoms with Crippen LogP contribution in [0.5, 0.6) is 0 Å². The van der Waals surface area contributed by atoms with E-state index in [2.05, 4.69) is 10.3 Å². The molecule has 3 rings (SSSR count). The first-order valence-corrected chi connectivity index (χ1v) is 6.56. The predicted octanol–water partition coefficient (Wildman–Crippen LogP) is 3.14. The first-order chi connectivity index (χ1) is 11.5. The maximum atomic E-state index is 13.4. The Labute approximate surface area is 133 Å². The average molecular weight is 327 g/mol. The van der Waals surface area contributed by atoms with Crippen LogP contribution in [0.25, 0.3) is 22.8 Å². The van der Waals surface area contributed by atoms with E-state index in [1.54, 1.807) is 0 Å². The molecule has 7 nitrogen and oxygen atoms in total. The Hall–Kier alpha value is -3.67. The molecule has 0 saturated heterocycles. The van der Waals surface area contributed by atoms with Crippen LogP contribution in [-0.2, 0) is 0 Å². The molecule has 0 bridgehead atoms. The van der Waals surface area contributed by atoms with E-state index in [0.717, 1.165) is 16.8 Å². The van der Waals surface area contributed by atoms with Crippen molar-refractivity contribution in [2.45, 2.75) is 0 Å². The molecule has 0 aliphatic heterocycles. The molecule has 0 fully saturated rings. The Balaban J connectivity index is 2.07. The first kappa shape index (κ1) is 15.2. The summed E-state index contributed by atoms with van der Waals surface area (Å²) in [5.41, 5.74) is 0.637. The molecule has 0 atom stereocenters. The van der Waals surface area contributed by atoms with E-state index in [1.165, 1.54) is 30.3 Å². The van der Waals surface area contributed by atoms with Gasteiger partial charge in [0.2, 0.25) is 0 Å². The van der Waals surface area contributed by atoms with Crippen molar-refractivity contribution in [1.29, 1.82) is 5.26 Å². The summed E-state index contributed by atoms with van der Waals surface area (Å²) >= 11 is 0. The van der Waals surface area contributed by atoms with E-state index < -0.39 is 16.6 Å². The lowest BCUT2D eigenvalue weighted by Crippen LogP contribution is -1.98. The fourth-order valence-corrected chi connectivity index (χ4v) is 2.09. The zero-order chi connectivity index (χ0) is 17.3. The van der Waals surface area contributed by atoms with Crippen molar-refractivity contribution in [2.24, 2.45) is 0 Å². The first-order valence-electron chi connectivity index (χ1n) is 6.56. The topological polar surface area (TPSA) is 97.6 Å². The Kier molecular flexibility index (Phi) is 3.71. The number of fused-ring (bicyclic) bond motifs is 1. The maximum absolute atomic E-state index is 13.4. The highest BCUT2D eigenvalue weighted by molar-refractivity contribution is 5.86. The Bertz CT molecular complexity index is 1020. The van der Waals surface area contributed by atoms with Gasteiger partial charge in [-0.1, -0.05) is 5.21 Å². The average Bonchev–Trinajstić information content (AvgIpc) is 2.96. The van der Waals surface area contributed by atoms with Crippen molar-refractivity contribution < 1.29 is 13.7 Å². The van der Waals surface area contributed by atoms with Gasteiger partial charge in [0.15, 0.2) is 11.6 Å². The predicted molar refractivity (Wildman–Crippen MR) is 80.3 cm³/mol. The number of aromatic nitrogens is 3. The van der Waals surface area contributed by atoms with Gasteiger partial charge in [0.25, 0.3) is 5.69 Å². The Morgan fingerprint density at radius 1 is 1.25 bits per heavy atom. The second-order valence-corrected chi connectivity index (χ2v) is 4.75.